The number of likely N-dealkylation sites (tertiary alicyclic amines) is 1. The first-order chi connectivity index (χ1) is 14.5. The Morgan fingerprint density at radius 1 is 1.19 bits per heavy atom. The summed E-state index contributed by atoms with van der Waals surface area (Å²) in [5, 5.41) is 7.25. The summed E-state index contributed by atoms with van der Waals surface area (Å²) in [5.41, 5.74) is 11.0. The van der Waals surface area contributed by atoms with Crippen LogP contribution in [0.1, 0.15) is 35.4 Å². The molecule has 2 aromatic carbocycles. The van der Waals surface area contributed by atoms with Crippen LogP contribution in [0.15, 0.2) is 53.1 Å². The summed E-state index contributed by atoms with van der Waals surface area (Å²) in [7, 11) is 0. The minimum Gasteiger partial charge on any atom is -0.361 e. The Labute approximate surface area is 189 Å². The van der Waals surface area contributed by atoms with E-state index in [2.05, 4.69) is 21.4 Å². The molecule has 2 atom stereocenters. The summed E-state index contributed by atoms with van der Waals surface area (Å²) >= 11 is 0. The van der Waals surface area contributed by atoms with Crippen molar-refractivity contribution in [3.63, 3.8) is 0 Å². The van der Waals surface area contributed by atoms with Gasteiger partial charge in [0.2, 0.25) is 0 Å². The summed E-state index contributed by atoms with van der Waals surface area (Å²) in [4.78, 5) is 15.9. The average Bonchev–Trinajstić information content (AvgIpc) is 3.24. The van der Waals surface area contributed by atoms with Crippen LogP contribution in [0.5, 0.6) is 0 Å². The van der Waals surface area contributed by atoms with Crippen molar-refractivity contribution in [2.75, 3.05) is 18.4 Å². The lowest BCUT2D eigenvalue weighted by Crippen LogP contribution is -2.57. The van der Waals surface area contributed by atoms with E-state index in [0.29, 0.717) is 6.54 Å². The molecule has 1 unspecified atom stereocenters. The summed E-state index contributed by atoms with van der Waals surface area (Å²) in [5.74, 6) is 0.753. The predicted octanol–water partition coefficient (Wildman–Crippen LogP) is 3.69. The summed E-state index contributed by atoms with van der Waals surface area (Å²) < 4.78 is 5.40. The molecule has 1 amide bonds. The first kappa shape index (κ1) is 21.6. The Bertz CT molecular complexity index is 1090. The maximum absolute atomic E-state index is 13.7. The van der Waals surface area contributed by atoms with Gasteiger partial charge in [0.1, 0.15) is 5.76 Å². The van der Waals surface area contributed by atoms with Crippen LogP contribution in [0.4, 0.5) is 5.69 Å². The van der Waals surface area contributed by atoms with Gasteiger partial charge in [0, 0.05) is 29.4 Å². The Hall–Kier alpha value is -2.61. The fourth-order valence-corrected chi connectivity index (χ4v) is 5.12. The number of aromatic nitrogens is 1. The maximum Gasteiger partial charge on any atom is 0.254 e. The van der Waals surface area contributed by atoms with E-state index in [1.807, 2.05) is 56.3 Å². The van der Waals surface area contributed by atoms with Crippen molar-refractivity contribution in [3.05, 3.63) is 71.1 Å². The predicted molar refractivity (Wildman–Crippen MR) is 126 cm³/mol. The van der Waals surface area contributed by atoms with Crippen LogP contribution >= 0.6 is 13.5 Å². The number of amides is 1. The first-order valence-corrected chi connectivity index (χ1v) is 10.5. The van der Waals surface area contributed by atoms with Crippen molar-refractivity contribution in [1.82, 2.24) is 10.1 Å². The van der Waals surface area contributed by atoms with E-state index >= 15 is 0 Å². The maximum atomic E-state index is 13.7. The second-order valence-electron chi connectivity index (χ2n) is 8.34. The molecule has 162 valence electrons. The second-order valence-corrected chi connectivity index (χ2v) is 8.34. The van der Waals surface area contributed by atoms with Crippen molar-refractivity contribution in [1.29, 1.82) is 0 Å². The zero-order valence-corrected chi connectivity index (χ0v) is 18.8. The van der Waals surface area contributed by atoms with Crippen LogP contribution in [0.3, 0.4) is 0 Å². The number of carbonyl (C=O) groups excluding carboxylic acids is 1. The first-order valence-electron chi connectivity index (χ1n) is 10.5. The molecule has 6 nitrogen and oxygen atoms in total. The number of hydrogen-bond donors (Lipinski definition) is 2. The Kier molecular flexibility index (Phi) is 5.68. The van der Waals surface area contributed by atoms with Crippen molar-refractivity contribution < 1.29 is 9.32 Å². The van der Waals surface area contributed by atoms with Gasteiger partial charge in [0.15, 0.2) is 5.54 Å². The van der Waals surface area contributed by atoms with E-state index in [4.69, 9.17) is 10.3 Å². The molecule has 0 saturated carbocycles. The zero-order valence-electron chi connectivity index (χ0n) is 17.8. The smallest absolute Gasteiger partial charge is 0.254 e. The minimum atomic E-state index is -0.899. The molecule has 1 aromatic heterocycles. The fourth-order valence-electron chi connectivity index (χ4n) is 5.12. The fraction of sp³-hybridized carbons (Fsp3) is 0.333. The van der Waals surface area contributed by atoms with Crippen LogP contribution in [-0.4, -0.2) is 35.1 Å². The lowest BCUT2D eigenvalue weighted by atomic mass is 9.79. The van der Waals surface area contributed by atoms with Crippen molar-refractivity contribution in [2.45, 2.75) is 38.3 Å². The molecular formula is C24H28N4O2S. The number of benzene rings is 2. The third-order valence-corrected chi connectivity index (χ3v) is 6.43. The molecule has 1 saturated heterocycles. The quantitative estimate of drug-likeness (QED) is 0.654. The van der Waals surface area contributed by atoms with Gasteiger partial charge in [-0.05, 0) is 56.5 Å². The zero-order chi connectivity index (χ0) is 20.9. The highest BCUT2D eigenvalue weighted by molar-refractivity contribution is 7.59. The molecule has 2 aliphatic heterocycles. The second kappa shape index (κ2) is 8.15. The molecule has 3 heterocycles. The molecule has 5 rings (SSSR count). The molecular weight excluding hydrogens is 408 g/mol. The van der Waals surface area contributed by atoms with Gasteiger partial charge in [-0.1, -0.05) is 41.6 Å². The highest BCUT2D eigenvalue weighted by Gasteiger charge is 2.53. The number of piperidine rings is 1. The van der Waals surface area contributed by atoms with Gasteiger partial charge in [0.25, 0.3) is 5.91 Å². The van der Waals surface area contributed by atoms with Crippen LogP contribution in [0, 0.1) is 13.8 Å². The number of hydrogen-bond acceptors (Lipinski definition) is 5. The van der Waals surface area contributed by atoms with Crippen molar-refractivity contribution >= 4 is 25.1 Å². The molecule has 7 heteroatoms. The third kappa shape index (κ3) is 3.28. The van der Waals surface area contributed by atoms with Crippen LogP contribution in [0.2, 0.25) is 0 Å². The van der Waals surface area contributed by atoms with E-state index in [1.165, 1.54) is 0 Å². The number of nitrogens with one attached hydrogen (secondary N) is 1. The number of nitrogens with two attached hydrogens (primary N) is 1. The van der Waals surface area contributed by atoms with Crippen LogP contribution in [-0.2, 0) is 10.3 Å². The summed E-state index contributed by atoms with van der Waals surface area (Å²) in [6.07, 6.45) is 1.96. The van der Waals surface area contributed by atoms with Gasteiger partial charge in [-0.2, -0.15) is 13.5 Å². The number of aryl methyl sites for hydroxylation is 2. The minimum absolute atomic E-state index is 0. The summed E-state index contributed by atoms with van der Waals surface area (Å²) in [6, 6.07) is 16.2. The van der Waals surface area contributed by atoms with Gasteiger partial charge < -0.3 is 15.6 Å². The molecule has 3 N–H and O–H groups in total. The molecule has 3 aromatic rings. The topological polar surface area (TPSA) is 84.4 Å². The number of rotatable bonds is 3. The molecule has 0 bridgehead atoms. The Morgan fingerprint density at radius 3 is 2.65 bits per heavy atom. The number of fused-ring (bicyclic) bond motifs is 1. The van der Waals surface area contributed by atoms with Gasteiger partial charge in [-0.15, -0.1) is 0 Å². The highest BCUT2D eigenvalue weighted by Crippen LogP contribution is 2.47. The number of anilines is 1. The lowest BCUT2D eigenvalue weighted by molar-refractivity contribution is -0.126. The van der Waals surface area contributed by atoms with Gasteiger partial charge in [0.05, 0.1) is 5.69 Å². The van der Waals surface area contributed by atoms with E-state index < -0.39 is 5.54 Å². The van der Waals surface area contributed by atoms with Crippen molar-refractivity contribution in [2.24, 2.45) is 5.73 Å². The Balaban J connectivity index is 0.00000231. The van der Waals surface area contributed by atoms with Crippen LogP contribution in [0.25, 0.3) is 11.1 Å². The van der Waals surface area contributed by atoms with E-state index in [9.17, 15) is 4.79 Å². The summed E-state index contributed by atoms with van der Waals surface area (Å²) in [6.45, 7) is 5.36. The highest BCUT2D eigenvalue weighted by atomic mass is 32.1. The van der Waals surface area contributed by atoms with Gasteiger partial charge in [-0.3, -0.25) is 9.69 Å². The monoisotopic (exact) mass is 436 g/mol. The normalized spacial score (nSPS) is 23.2. The standard InChI is InChI=1S/C24H26N4O2.H2S/c1-15-22(16(2)30-27-15)17-10-11-21-20(13-17)24(23(29)26-21,18-7-4-3-5-8-18)28-12-6-9-19(25)14-28;/h3-5,7-8,10-11,13,19H,6,9,12,14,25H2,1-2H3,(H,26,29);1H2/t19-,24?;/m0./s1. The average molecular weight is 437 g/mol. The van der Waals surface area contributed by atoms with Crippen molar-refractivity contribution in [3.8, 4) is 11.1 Å². The molecule has 1 fully saturated rings. The Morgan fingerprint density at radius 2 is 1.97 bits per heavy atom. The van der Waals surface area contributed by atoms with E-state index in [1.54, 1.807) is 0 Å². The molecule has 0 aliphatic carbocycles. The largest absolute Gasteiger partial charge is 0.361 e. The SMILES string of the molecule is Cc1noc(C)c1-c1ccc2c(c1)C(c1ccccc1)(N1CCC[C@H](N)C1)C(=O)N2.S. The van der Waals surface area contributed by atoms with Crippen LogP contribution < -0.4 is 11.1 Å². The lowest BCUT2D eigenvalue weighted by Gasteiger charge is -2.44. The number of carbonyl (C=O) groups is 1. The molecule has 0 radical (unpaired) electrons. The van der Waals surface area contributed by atoms with E-state index in [-0.39, 0.29) is 25.4 Å². The third-order valence-electron chi connectivity index (χ3n) is 6.43. The molecule has 2 aliphatic rings. The van der Waals surface area contributed by atoms with Gasteiger partial charge >= 0.3 is 0 Å². The number of nitrogens with zero attached hydrogens (tertiary/aromatic N) is 2. The van der Waals surface area contributed by atoms with E-state index in [0.717, 1.165) is 58.8 Å². The van der Waals surface area contributed by atoms with Gasteiger partial charge in [-0.25, -0.2) is 0 Å². The molecule has 0 spiro atoms. The molecule has 31 heavy (non-hydrogen) atoms.